The molecule has 1 N–H and O–H groups in total. The third-order valence-corrected chi connectivity index (χ3v) is 7.40. The van der Waals surface area contributed by atoms with Crippen LogP contribution in [0.15, 0.2) is 105 Å². The Morgan fingerprint density at radius 1 is 1.00 bits per heavy atom. The summed E-state index contributed by atoms with van der Waals surface area (Å²) in [5.74, 6) is 0.140. The largest absolute Gasteiger partial charge is 0.455 e. The molecule has 0 spiro atoms. The number of amides is 1. The molecule has 0 atom stereocenters. The normalized spacial score (nSPS) is 11.4. The molecule has 0 radical (unpaired) electrons. The second-order valence-electron chi connectivity index (χ2n) is 8.11. The smallest absolute Gasteiger partial charge is 0.269 e. The molecule has 38 heavy (non-hydrogen) atoms. The first kappa shape index (κ1) is 26.3. The molecule has 4 rings (SSSR count). The number of nitro groups is 1. The zero-order valence-electron chi connectivity index (χ0n) is 20.4. The number of hydrogen-bond donors (Lipinski definition) is 1. The predicted molar refractivity (Wildman–Crippen MR) is 143 cm³/mol. The molecule has 1 amide bonds. The third-order valence-electron chi connectivity index (χ3n) is 5.63. The molecule has 11 heteroatoms. The Labute approximate surface area is 219 Å². The zero-order valence-corrected chi connectivity index (χ0v) is 21.2. The van der Waals surface area contributed by atoms with Gasteiger partial charge in [0.05, 0.1) is 21.7 Å². The van der Waals surface area contributed by atoms with Gasteiger partial charge in [-0.2, -0.15) is 5.10 Å². The molecule has 0 saturated carbocycles. The Morgan fingerprint density at radius 2 is 1.68 bits per heavy atom. The molecule has 1 heterocycles. The Kier molecular flexibility index (Phi) is 7.97. The van der Waals surface area contributed by atoms with E-state index in [2.05, 4.69) is 10.5 Å². The van der Waals surface area contributed by atoms with Crippen molar-refractivity contribution in [3.05, 3.63) is 112 Å². The fraction of sp³-hybridized carbons (Fsp3) is 0.111. The van der Waals surface area contributed by atoms with Crippen LogP contribution in [0.4, 0.5) is 11.4 Å². The van der Waals surface area contributed by atoms with Crippen molar-refractivity contribution in [1.29, 1.82) is 0 Å². The molecule has 0 unspecified atom stereocenters. The van der Waals surface area contributed by atoms with E-state index < -0.39 is 27.4 Å². The molecule has 0 aliphatic heterocycles. The Hall–Kier alpha value is -4.77. The van der Waals surface area contributed by atoms with Crippen molar-refractivity contribution < 1.29 is 22.6 Å². The molecule has 1 aromatic heterocycles. The van der Waals surface area contributed by atoms with Crippen LogP contribution in [0.1, 0.15) is 18.2 Å². The van der Waals surface area contributed by atoms with Gasteiger partial charge in [-0.1, -0.05) is 43.3 Å². The number of hydrogen-bond acceptors (Lipinski definition) is 7. The number of aryl methyl sites for hydroxylation is 1. The number of anilines is 1. The van der Waals surface area contributed by atoms with Gasteiger partial charge in [0, 0.05) is 17.7 Å². The van der Waals surface area contributed by atoms with Crippen molar-refractivity contribution in [3.8, 4) is 11.3 Å². The van der Waals surface area contributed by atoms with Crippen LogP contribution in [-0.4, -0.2) is 32.0 Å². The summed E-state index contributed by atoms with van der Waals surface area (Å²) in [5, 5.41) is 14.7. The van der Waals surface area contributed by atoms with E-state index in [0.717, 1.165) is 9.87 Å². The lowest BCUT2D eigenvalue weighted by molar-refractivity contribution is -0.384. The highest BCUT2D eigenvalue weighted by Gasteiger charge is 2.28. The molecule has 4 aromatic rings. The van der Waals surface area contributed by atoms with Gasteiger partial charge in [0.25, 0.3) is 21.6 Å². The first-order valence-corrected chi connectivity index (χ1v) is 13.1. The first-order chi connectivity index (χ1) is 18.3. The first-order valence-electron chi connectivity index (χ1n) is 11.6. The molecule has 0 saturated heterocycles. The van der Waals surface area contributed by atoms with Crippen molar-refractivity contribution in [2.45, 2.75) is 18.2 Å². The van der Waals surface area contributed by atoms with E-state index in [9.17, 15) is 23.3 Å². The van der Waals surface area contributed by atoms with Crippen molar-refractivity contribution >= 4 is 33.5 Å². The minimum atomic E-state index is -4.03. The number of furan rings is 1. The summed E-state index contributed by atoms with van der Waals surface area (Å²) < 4.78 is 33.7. The van der Waals surface area contributed by atoms with E-state index in [0.29, 0.717) is 29.2 Å². The van der Waals surface area contributed by atoms with Crippen LogP contribution in [0.25, 0.3) is 11.3 Å². The molecular formula is C27H24N4O6S. The minimum absolute atomic E-state index is 0.0327. The summed E-state index contributed by atoms with van der Waals surface area (Å²) in [6, 6.07) is 24.1. The second-order valence-corrected chi connectivity index (χ2v) is 9.97. The molecular weight excluding hydrogens is 508 g/mol. The minimum Gasteiger partial charge on any atom is -0.455 e. The maximum Gasteiger partial charge on any atom is 0.269 e. The van der Waals surface area contributed by atoms with Gasteiger partial charge in [-0.05, 0) is 54.4 Å². The number of nitro benzene ring substituents is 1. The van der Waals surface area contributed by atoms with Crippen molar-refractivity contribution in [3.63, 3.8) is 0 Å². The summed E-state index contributed by atoms with van der Waals surface area (Å²) in [7, 11) is -4.03. The van der Waals surface area contributed by atoms with Gasteiger partial charge in [-0.25, -0.2) is 13.8 Å². The zero-order chi connectivity index (χ0) is 27.1. The molecule has 194 valence electrons. The van der Waals surface area contributed by atoms with E-state index in [4.69, 9.17) is 4.42 Å². The van der Waals surface area contributed by atoms with E-state index in [1.165, 1.54) is 30.5 Å². The number of benzene rings is 3. The quantitative estimate of drug-likeness (QED) is 0.178. The van der Waals surface area contributed by atoms with Crippen LogP contribution >= 0.6 is 0 Å². The Bertz CT molecular complexity index is 1560. The maximum atomic E-state index is 13.5. The average molecular weight is 533 g/mol. The van der Waals surface area contributed by atoms with Crippen LogP contribution < -0.4 is 9.73 Å². The van der Waals surface area contributed by atoms with Crippen LogP contribution in [0.2, 0.25) is 0 Å². The SMILES string of the molecule is CCc1ccccc1N(CC(=O)N/N=C\c1ccc(-c2ccc([N+](=O)[O-])cc2)o1)S(=O)(=O)c1ccccc1. The van der Waals surface area contributed by atoms with Gasteiger partial charge >= 0.3 is 0 Å². The predicted octanol–water partition coefficient (Wildman–Crippen LogP) is 4.76. The highest BCUT2D eigenvalue weighted by Crippen LogP contribution is 2.27. The molecule has 0 aliphatic carbocycles. The van der Waals surface area contributed by atoms with Crippen LogP contribution in [0.5, 0.6) is 0 Å². The van der Waals surface area contributed by atoms with Crippen molar-refractivity contribution in [2.75, 3.05) is 10.8 Å². The molecule has 0 fully saturated rings. The third kappa shape index (κ3) is 5.95. The fourth-order valence-corrected chi connectivity index (χ4v) is 5.21. The number of hydrazone groups is 1. The topological polar surface area (TPSA) is 135 Å². The van der Waals surface area contributed by atoms with Crippen molar-refractivity contribution in [2.24, 2.45) is 5.10 Å². The summed E-state index contributed by atoms with van der Waals surface area (Å²) in [5.41, 5.74) is 4.14. The number of sulfonamides is 1. The number of carbonyl (C=O) groups excluding carboxylic acids is 1. The number of non-ortho nitro benzene ring substituents is 1. The van der Waals surface area contributed by atoms with Gasteiger partial charge in [0.1, 0.15) is 18.1 Å². The lowest BCUT2D eigenvalue weighted by Gasteiger charge is -2.25. The van der Waals surface area contributed by atoms with Crippen LogP contribution in [0.3, 0.4) is 0 Å². The lowest BCUT2D eigenvalue weighted by Crippen LogP contribution is -2.40. The molecule has 10 nitrogen and oxygen atoms in total. The van der Waals surface area contributed by atoms with E-state index in [1.807, 2.05) is 19.1 Å². The highest BCUT2D eigenvalue weighted by molar-refractivity contribution is 7.92. The number of nitrogens with zero attached hydrogens (tertiary/aromatic N) is 3. The van der Waals surface area contributed by atoms with Gasteiger partial charge in [-0.15, -0.1) is 0 Å². The van der Waals surface area contributed by atoms with Gasteiger partial charge in [-0.3, -0.25) is 19.2 Å². The van der Waals surface area contributed by atoms with E-state index in [1.54, 1.807) is 54.6 Å². The molecule has 3 aromatic carbocycles. The molecule has 0 aliphatic rings. The van der Waals surface area contributed by atoms with Crippen LogP contribution in [-0.2, 0) is 21.2 Å². The van der Waals surface area contributed by atoms with Crippen molar-refractivity contribution in [1.82, 2.24) is 5.43 Å². The van der Waals surface area contributed by atoms with Crippen LogP contribution in [0, 0.1) is 10.1 Å². The maximum absolute atomic E-state index is 13.5. The Balaban J connectivity index is 1.50. The summed E-state index contributed by atoms with van der Waals surface area (Å²) in [4.78, 5) is 23.2. The monoisotopic (exact) mass is 532 g/mol. The van der Waals surface area contributed by atoms with E-state index in [-0.39, 0.29) is 10.6 Å². The Morgan fingerprint density at radius 3 is 2.37 bits per heavy atom. The van der Waals surface area contributed by atoms with Gasteiger partial charge < -0.3 is 4.42 Å². The second kappa shape index (κ2) is 11.5. The number of nitrogens with one attached hydrogen (secondary N) is 1. The highest BCUT2D eigenvalue weighted by atomic mass is 32.2. The number of rotatable bonds is 10. The lowest BCUT2D eigenvalue weighted by atomic mass is 10.1. The van der Waals surface area contributed by atoms with E-state index >= 15 is 0 Å². The number of carbonyl (C=O) groups is 1. The summed E-state index contributed by atoms with van der Waals surface area (Å²) >= 11 is 0. The summed E-state index contributed by atoms with van der Waals surface area (Å²) in [6.07, 6.45) is 1.86. The van der Waals surface area contributed by atoms with Gasteiger partial charge in [0.15, 0.2) is 0 Å². The van der Waals surface area contributed by atoms with Gasteiger partial charge in [0.2, 0.25) is 0 Å². The molecule has 0 bridgehead atoms. The number of para-hydroxylation sites is 1. The standard InChI is InChI=1S/C27H24N4O6S/c1-2-20-8-6-7-11-25(20)30(38(35,36)24-9-4-3-5-10-24)19-27(32)29-28-18-23-16-17-26(37-23)21-12-14-22(15-13-21)31(33)34/h3-18H,2,19H2,1H3,(H,29,32)/b28-18-. The fourth-order valence-electron chi connectivity index (χ4n) is 3.73. The summed E-state index contributed by atoms with van der Waals surface area (Å²) in [6.45, 7) is 1.42. The average Bonchev–Trinajstić information content (AvgIpc) is 3.41.